The summed E-state index contributed by atoms with van der Waals surface area (Å²) in [7, 11) is 0. The highest BCUT2D eigenvalue weighted by Crippen LogP contribution is 2.29. The summed E-state index contributed by atoms with van der Waals surface area (Å²) in [4.78, 5) is 14.3. The van der Waals surface area contributed by atoms with Crippen LogP contribution >= 0.6 is 11.6 Å². The van der Waals surface area contributed by atoms with E-state index < -0.39 is 4.92 Å². The highest BCUT2D eigenvalue weighted by molar-refractivity contribution is 6.29. The van der Waals surface area contributed by atoms with Crippen molar-refractivity contribution in [3.05, 3.63) is 27.4 Å². The summed E-state index contributed by atoms with van der Waals surface area (Å²) in [6.45, 7) is 3.07. The molecule has 1 fully saturated rings. The molecule has 0 bridgehead atoms. The van der Waals surface area contributed by atoms with E-state index in [4.69, 9.17) is 16.3 Å². The second-order valence-corrected chi connectivity index (χ2v) is 4.63. The smallest absolute Gasteiger partial charge is 0.311 e. The van der Waals surface area contributed by atoms with Gasteiger partial charge in [-0.05, 0) is 19.4 Å². The van der Waals surface area contributed by atoms with E-state index >= 15 is 0 Å². The van der Waals surface area contributed by atoms with Crippen LogP contribution in [-0.2, 0) is 4.74 Å². The lowest BCUT2D eigenvalue weighted by Crippen LogP contribution is -2.35. The molecule has 6 nitrogen and oxygen atoms in total. The Bertz CT molecular complexity index is 446. The molecule has 0 aromatic carbocycles. The maximum absolute atomic E-state index is 10.9. The van der Waals surface area contributed by atoms with Crippen molar-refractivity contribution in [1.29, 1.82) is 0 Å². The molecular weight excluding hydrogens is 246 g/mol. The number of hydrogen-bond acceptors (Lipinski definition) is 5. The topological polar surface area (TPSA) is 77.3 Å². The highest BCUT2D eigenvalue weighted by atomic mass is 35.5. The minimum Gasteiger partial charge on any atom is -0.379 e. The Balaban J connectivity index is 2.30. The van der Waals surface area contributed by atoms with Gasteiger partial charge < -0.3 is 10.1 Å². The van der Waals surface area contributed by atoms with Crippen LogP contribution in [0.3, 0.4) is 0 Å². The van der Waals surface area contributed by atoms with Crippen LogP contribution in [0, 0.1) is 10.1 Å². The van der Waals surface area contributed by atoms with Crippen LogP contribution < -0.4 is 5.32 Å². The summed E-state index contributed by atoms with van der Waals surface area (Å²) in [5, 5.41) is 14.1. The number of hydrogen-bond donors (Lipinski definition) is 1. The van der Waals surface area contributed by atoms with Gasteiger partial charge in [-0.15, -0.1) is 0 Å². The van der Waals surface area contributed by atoms with Crippen molar-refractivity contribution < 1.29 is 9.66 Å². The standard InChI is InChI=1S/C10H12ClN3O3/c1-10(4-5-17-6-10)13-9-7(14(15)16)2-3-8(11)12-9/h2-3H,4-6H2,1H3,(H,12,13). The van der Waals surface area contributed by atoms with E-state index in [2.05, 4.69) is 10.3 Å². The molecule has 0 saturated carbocycles. The maximum Gasteiger partial charge on any atom is 0.311 e. The number of nitrogens with zero attached hydrogens (tertiary/aromatic N) is 2. The fourth-order valence-corrected chi connectivity index (χ4v) is 1.87. The SMILES string of the molecule is CC1(Nc2nc(Cl)ccc2[N+](=O)[O-])CCOC1. The maximum atomic E-state index is 10.9. The molecule has 1 unspecified atom stereocenters. The third-order valence-electron chi connectivity index (χ3n) is 2.68. The third kappa shape index (κ3) is 2.65. The van der Waals surface area contributed by atoms with Gasteiger partial charge >= 0.3 is 5.69 Å². The fraction of sp³-hybridized carbons (Fsp3) is 0.500. The molecule has 1 aromatic rings. The number of halogens is 1. The lowest BCUT2D eigenvalue weighted by molar-refractivity contribution is -0.384. The number of anilines is 1. The molecule has 2 heterocycles. The average molecular weight is 258 g/mol. The van der Waals surface area contributed by atoms with Crippen LogP contribution in [0.2, 0.25) is 5.15 Å². The molecule has 17 heavy (non-hydrogen) atoms. The largest absolute Gasteiger partial charge is 0.379 e. The van der Waals surface area contributed by atoms with Gasteiger partial charge in [0.05, 0.1) is 17.1 Å². The molecule has 0 radical (unpaired) electrons. The highest BCUT2D eigenvalue weighted by Gasteiger charge is 2.32. The summed E-state index contributed by atoms with van der Waals surface area (Å²) in [6, 6.07) is 2.75. The normalized spacial score (nSPS) is 23.6. The number of aromatic nitrogens is 1. The van der Waals surface area contributed by atoms with Crippen molar-refractivity contribution in [1.82, 2.24) is 4.98 Å². The van der Waals surface area contributed by atoms with Crippen molar-refractivity contribution in [2.24, 2.45) is 0 Å². The van der Waals surface area contributed by atoms with Crippen molar-refractivity contribution in [2.45, 2.75) is 18.9 Å². The van der Waals surface area contributed by atoms with Crippen LogP contribution in [0.1, 0.15) is 13.3 Å². The van der Waals surface area contributed by atoms with Gasteiger partial charge in [0.1, 0.15) is 5.15 Å². The molecule has 1 aliphatic heterocycles. The molecule has 1 saturated heterocycles. The predicted octanol–water partition coefficient (Wildman–Crippen LogP) is 2.23. The Morgan fingerprint density at radius 1 is 1.65 bits per heavy atom. The fourth-order valence-electron chi connectivity index (χ4n) is 1.72. The molecule has 1 N–H and O–H groups in total. The second kappa shape index (κ2) is 4.46. The first-order valence-corrected chi connectivity index (χ1v) is 5.55. The van der Waals surface area contributed by atoms with Crippen LogP contribution in [0.15, 0.2) is 12.1 Å². The first-order valence-electron chi connectivity index (χ1n) is 5.17. The summed E-state index contributed by atoms with van der Waals surface area (Å²) < 4.78 is 5.27. The lowest BCUT2D eigenvalue weighted by atomic mass is 10.0. The monoisotopic (exact) mass is 257 g/mol. The van der Waals surface area contributed by atoms with Crippen LogP contribution in [-0.4, -0.2) is 28.7 Å². The Labute approximate surface area is 103 Å². The molecular formula is C10H12ClN3O3. The minimum atomic E-state index is -0.481. The molecule has 1 atom stereocenters. The average Bonchev–Trinajstić information content (AvgIpc) is 2.64. The van der Waals surface area contributed by atoms with E-state index in [1.807, 2.05) is 6.92 Å². The summed E-state index contributed by atoms with van der Waals surface area (Å²) >= 11 is 5.75. The molecule has 0 aliphatic carbocycles. The molecule has 0 spiro atoms. The predicted molar refractivity (Wildman–Crippen MR) is 63.4 cm³/mol. The van der Waals surface area contributed by atoms with E-state index in [-0.39, 0.29) is 22.2 Å². The van der Waals surface area contributed by atoms with Gasteiger partial charge in [0.25, 0.3) is 0 Å². The van der Waals surface area contributed by atoms with Crippen molar-refractivity contribution in [3.8, 4) is 0 Å². The van der Waals surface area contributed by atoms with Crippen molar-refractivity contribution in [3.63, 3.8) is 0 Å². The quantitative estimate of drug-likeness (QED) is 0.510. The number of nitrogens with one attached hydrogen (secondary N) is 1. The Hall–Kier alpha value is -1.40. The minimum absolute atomic E-state index is 0.0810. The lowest BCUT2D eigenvalue weighted by Gasteiger charge is -2.23. The second-order valence-electron chi connectivity index (χ2n) is 4.25. The Morgan fingerprint density at radius 3 is 3.00 bits per heavy atom. The number of rotatable bonds is 3. The van der Waals surface area contributed by atoms with Gasteiger partial charge in [-0.3, -0.25) is 10.1 Å². The van der Waals surface area contributed by atoms with E-state index in [0.717, 1.165) is 6.42 Å². The van der Waals surface area contributed by atoms with Crippen molar-refractivity contribution >= 4 is 23.1 Å². The van der Waals surface area contributed by atoms with Gasteiger partial charge in [0.2, 0.25) is 5.82 Å². The Kier molecular flexibility index (Phi) is 3.17. The zero-order valence-corrected chi connectivity index (χ0v) is 10.0. The zero-order chi connectivity index (χ0) is 12.5. The van der Waals surface area contributed by atoms with Gasteiger partial charge in [-0.1, -0.05) is 11.6 Å². The summed E-state index contributed by atoms with van der Waals surface area (Å²) in [6.07, 6.45) is 0.776. The zero-order valence-electron chi connectivity index (χ0n) is 9.27. The van der Waals surface area contributed by atoms with Crippen molar-refractivity contribution in [2.75, 3.05) is 18.5 Å². The number of nitro groups is 1. The Morgan fingerprint density at radius 2 is 2.41 bits per heavy atom. The summed E-state index contributed by atoms with van der Waals surface area (Å²) in [5.74, 6) is 0.190. The third-order valence-corrected chi connectivity index (χ3v) is 2.89. The van der Waals surface area contributed by atoms with Crippen LogP contribution in [0.25, 0.3) is 0 Å². The van der Waals surface area contributed by atoms with E-state index in [1.54, 1.807) is 0 Å². The van der Waals surface area contributed by atoms with Crippen LogP contribution in [0.4, 0.5) is 11.5 Å². The molecule has 0 amide bonds. The van der Waals surface area contributed by atoms with E-state index in [1.165, 1.54) is 12.1 Å². The molecule has 1 aliphatic rings. The molecule has 7 heteroatoms. The molecule has 2 rings (SSSR count). The molecule has 92 valence electrons. The van der Waals surface area contributed by atoms with Gasteiger partial charge in [-0.2, -0.15) is 0 Å². The van der Waals surface area contributed by atoms with Gasteiger partial charge in [-0.25, -0.2) is 4.98 Å². The molecule has 1 aromatic heterocycles. The van der Waals surface area contributed by atoms with Crippen LogP contribution in [0.5, 0.6) is 0 Å². The van der Waals surface area contributed by atoms with Gasteiger partial charge in [0, 0.05) is 12.7 Å². The van der Waals surface area contributed by atoms with E-state index in [0.29, 0.717) is 13.2 Å². The first kappa shape index (κ1) is 12.1. The summed E-state index contributed by atoms with van der Waals surface area (Å²) in [5.41, 5.74) is -0.412. The first-order chi connectivity index (χ1) is 8.00. The van der Waals surface area contributed by atoms with Gasteiger partial charge in [0.15, 0.2) is 0 Å². The number of pyridine rings is 1. The number of ether oxygens (including phenoxy) is 1. The van der Waals surface area contributed by atoms with E-state index in [9.17, 15) is 10.1 Å².